The Hall–Kier alpha value is -2.01. The maximum atomic E-state index is 5.97. The quantitative estimate of drug-likeness (QED) is 0.757. The Balaban J connectivity index is 1.62. The second kappa shape index (κ2) is 8.79. The highest BCUT2D eigenvalue weighted by molar-refractivity contribution is 5.43. The summed E-state index contributed by atoms with van der Waals surface area (Å²) in [6, 6.07) is 6.75. The van der Waals surface area contributed by atoms with Crippen LogP contribution < -0.4 is 14.8 Å². The van der Waals surface area contributed by atoms with Gasteiger partial charge >= 0.3 is 0 Å². The molecule has 0 saturated heterocycles. The Morgan fingerprint density at radius 1 is 1.19 bits per heavy atom. The zero-order valence-electron chi connectivity index (χ0n) is 17.2. The third-order valence-corrected chi connectivity index (χ3v) is 6.06. The smallest absolute Gasteiger partial charge is 0.161 e. The van der Waals surface area contributed by atoms with Crippen LogP contribution in [0.15, 0.2) is 22.7 Å². The van der Waals surface area contributed by atoms with Crippen LogP contribution >= 0.6 is 0 Å². The Bertz CT molecular complexity index is 737. The van der Waals surface area contributed by atoms with E-state index in [4.69, 9.17) is 14.0 Å². The normalized spacial score (nSPS) is 22.6. The largest absolute Gasteiger partial charge is 0.493 e. The summed E-state index contributed by atoms with van der Waals surface area (Å²) in [4.78, 5) is 0. The van der Waals surface area contributed by atoms with Crippen molar-refractivity contribution >= 4 is 0 Å². The summed E-state index contributed by atoms with van der Waals surface area (Å²) >= 11 is 0. The Morgan fingerprint density at radius 3 is 2.70 bits per heavy atom. The summed E-state index contributed by atoms with van der Waals surface area (Å²) in [5.74, 6) is 3.80. The van der Waals surface area contributed by atoms with E-state index in [1.54, 1.807) is 7.11 Å². The first-order chi connectivity index (χ1) is 13.0. The molecule has 148 valence electrons. The molecule has 1 aliphatic rings. The van der Waals surface area contributed by atoms with Gasteiger partial charge in [-0.25, -0.2) is 0 Å². The third kappa shape index (κ3) is 4.64. The molecule has 0 amide bonds. The maximum absolute atomic E-state index is 5.97. The predicted octanol–water partition coefficient (Wildman–Crippen LogP) is 4.79. The second-order valence-corrected chi connectivity index (χ2v) is 7.83. The van der Waals surface area contributed by atoms with Gasteiger partial charge in [-0.3, -0.25) is 0 Å². The molecule has 2 aromatic rings. The van der Waals surface area contributed by atoms with E-state index >= 15 is 0 Å². The first kappa shape index (κ1) is 19.7. The molecule has 0 bridgehead atoms. The molecular weight excluding hydrogens is 340 g/mol. The van der Waals surface area contributed by atoms with Crippen LogP contribution in [0.5, 0.6) is 11.5 Å². The topological polar surface area (TPSA) is 56.5 Å². The molecule has 1 aliphatic carbocycles. The number of rotatable bonds is 7. The van der Waals surface area contributed by atoms with E-state index in [1.165, 1.54) is 24.8 Å². The molecule has 1 aromatic heterocycles. The molecule has 1 N–H and O–H groups in total. The number of nitrogens with one attached hydrogen (secondary N) is 1. The minimum Gasteiger partial charge on any atom is -0.493 e. The molecule has 5 nitrogen and oxygen atoms in total. The van der Waals surface area contributed by atoms with Crippen molar-refractivity contribution in [2.45, 2.75) is 66.2 Å². The van der Waals surface area contributed by atoms with E-state index in [-0.39, 0.29) is 0 Å². The van der Waals surface area contributed by atoms with E-state index < -0.39 is 0 Å². The van der Waals surface area contributed by atoms with Gasteiger partial charge in [-0.1, -0.05) is 37.9 Å². The number of methoxy groups -OCH3 is 1. The lowest BCUT2D eigenvalue weighted by Crippen LogP contribution is -2.40. The number of hydrogen-bond acceptors (Lipinski definition) is 5. The van der Waals surface area contributed by atoms with Gasteiger partial charge in [0.15, 0.2) is 11.5 Å². The van der Waals surface area contributed by atoms with Crippen molar-refractivity contribution in [3.8, 4) is 11.5 Å². The Labute approximate surface area is 162 Å². The zero-order chi connectivity index (χ0) is 19.4. The molecule has 5 heteroatoms. The predicted molar refractivity (Wildman–Crippen MR) is 106 cm³/mol. The number of hydrogen-bond donors (Lipinski definition) is 1. The van der Waals surface area contributed by atoms with Gasteiger partial charge in [-0.2, -0.15) is 0 Å². The lowest BCUT2D eigenvalue weighted by atomic mass is 9.78. The van der Waals surface area contributed by atoms with Crippen molar-refractivity contribution < 1.29 is 14.0 Å². The summed E-state index contributed by atoms with van der Waals surface area (Å²) in [5.41, 5.74) is 3.06. The van der Waals surface area contributed by atoms with Gasteiger partial charge in [0, 0.05) is 12.6 Å². The summed E-state index contributed by atoms with van der Waals surface area (Å²) in [6.07, 6.45) is 3.94. The van der Waals surface area contributed by atoms with Crippen LogP contribution in [0.1, 0.15) is 55.7 Å². The van der Waals surface area contributed by atoms with Crippen LogP contribution in [0.25, 0.3) is 0 Å². The molecule has 0 radical (unpaired) electrons. The highest BCUT2D eigenvalue weighted by Crippen LogP contribution is 2.31. The number of benzene rings is 1. The third-order valence-electron chi connectivity index (χ3n) is 6.06. The molecular formula is C22H32N2O3. The lowest BCUT2D eigenvalue weighted by Gasteiger charge is -2.34. The van der Waals surface area contributed by atoms with E-state index in [9.17, 15) is 0 Å². The van der Waals surface area contributed by atoms with Crippen molar-refractivity contribution in [3.05, 3.63) is 40.8 Å². The summed E-state index contributed by atoms with van der Waals surface area (Å²) in [7, 11) is 1.68. The van der Waals surface area contributed by atoms with Gasteiger partial charge in [0.2, 0.25) is 0 Å². The van der Waals surface area contributed by atoms with Crippen molar-refractivity contribution in [1.29, 1.82) is 0 Å². The standard InChI is InChI=1S/C22H32N2O3/c1-14-7-6-8-20(15(14)2)23-12-18-9-10-21(22(11-18)25-5)26-13-19-16(3)24-27-17(19)4/h9-11,14-15,20,23H,6-8,12-13H2,1-5H3/t14-,15-,20-/m1/s1. The molecule has 3 rings (SSSR count). The summed E-state index contributed by atoms with van der Waals surface area (Å²) in [5, 5.41) is 7.71. The van der Waals surface area contributed by atoms with Crippen LogP contribution in [-0.2, 0) is 13.2 Å². The van der Waals surface area contributed by atoms with Gasteiger partial charge in [-0.05, 0) is 49.8 Å². The van der Waals surface area contributed by atoms with Gasteiger partial charge in [0.05, 0.1) is 18.4 Å². The van der Waals surface area contributed by atoms with Gasteiger partial charge < -0.3 is 19.3 Å². The molecule has 27 heavy (non-hydrogen) atoms. The van der Waals surface area contributed by atoms with E-state index in [0.29, 0.717) is 12.6 Å². The zero-order valence-corrected chi connectivity index (χ0v) is 17.2. The fourth-order valence-corrected chi connectivity index (χ4v) is 3.92. The van der Waals surface area contributed by atoms with Gasteiger partial charge in [0.1, 0.15) is 12.4 Å². The molecule has 0 spiro atoms. The Morgan fingerprint density at radius 2 is 2.00 bits per heavy atom. The first-order valence-electron chi connectivity index (χ1n) is 9.94. The number of aromatic nitrogens is 1. The number of aryl methyl sites for hydroxylation is 2. The van der Waals surface area contributed by atoms with Crippen molar-refractivity contribution in [2.24, 2.45) is 11.8 Å². The molecule has 0 unspecified atom stereocenters. The van der Waals surface area contributed by atoms with Crippen LogP contribution in [-0.4, -0.2) is 18.3 Å². The van der Waals surface area contributed by atoms with Crippen LogP contribution in [0.4, 0.5) is 0 Å². The summed E-state index contributed by atoms with van der Waals surface area (Å²) in [6.45, 7) is 9.83. The van der Waals surface area contributed by atoms with Gasteiger partial charge in [-0.15, -0.1) is 0 Å². The molecule has 1 aromatic carbocycles. The molecule has 3 atom stereocenters. The van der Waals surface area contributed by atoms with Crippen molar-refractivity contribution in [1.82, 2.24) is 10.5 Å². The lowest BCUT2D eigenvalue weighted by molar-refractivity contribution is 0.206. The van der Waals surface area contributed by atoms with Crippen LogP contribution in [0.3, 0.4) is 0 Å². The average molecular weight is 373 g/mol. The van der Waals surface area contributed by atoms with Crippen molar-refractivity contribution in [3.63, 3.8) is 0 Å². The Kier molecular flexibility index (Phi) is 6.42. The minimum atomic E-state index is 0.423. The first-order valence-corrected chi connectivity index (χ1v) is 9.94. The number of nitrogens with zero attached hydrogens (tertiary/aromatic N) is 1. The molecule has 1 fully saturated rings. The fourth-order valence-electron chi connectivity index (χ4n) is 3.92. The highest BCUT2D eigenvalue weighted by Gasteiger charge is 2.26. The van der Waals surface area contributed by atoms with E-state index in [0.717, 1.165) is 46.9 Å². The highest BCUT2D eigenvalue weighted by atomic mass is 16.5. The van der Waals surface area contributed by atoms with Crippen LogP contribution in [0, 0.1) is 25.7 Å². The second-order valence-electron chi connectivity index (χ2n) is 7.83. The molecule has 0 aliphatic heterocycles. The fraction of sp³-hybridized carbons (Fsp3) is 0.591. The van der Waals surface area contributed by atoms with Crippen molar-refractivity contribution in [2.75, 3.05) is 7.11 Å². The summed E-state index contributed by atoms with van der Waals surface area (Å²) < 4.78 is 16.7. The van der Waals surface area contributed by atoms with E-state index in [1.807, 2.05) is 19.9 Å². The maximum Gasteiger partial charge on any atom is 0.161 e. The molecule has 1 saturated carbocycles. The van der Waals surface area contributed by atoms with Gasteiger partial charge in [0.25, 0.3) is 0 Å². The van der Waals surface area contributed by atoms with E-state index in [2.05, 4.69) is 36.5 Å². The average Bonchev–Trinajstić information content (AvgIpc) is 2.99. The number of ether oxygens (including phenoxy) is 2. The SMILES string of the molecule is COc1cc(CN[C@@H]2CCC[C@@H](C)[C@H]2C)ccc1OCc1c(C)noc1C. The van der Waals surface area contributed by atoms with Crippen LogP contribution in [0.2, 0.25) is 0 Å². The monoisotopic (exact) mass is 372 g/mol. The minimum absolute atomic E-state index is 0.423. The molecule has 1 heterocycles.